The third-order valence-electron chi connectivity index (χ3n) is 4.68. The van der Waals surface area contributed by atoms with Gasteiger partial charge in [-0.25, -0.2) is 14.8 Å². The number of hydrogen-bond donors (Lipinski definition) is 2. The molecule has 1 atom stereocenters. The Balaban J connectivity index is 1.36. The fourth-order valence-corrected chi connectivity index (χ4v) is 3.35. The van der Waals surface area contributed by atoms with Crippen LogP contribution in [0.4, 0.5) is 10.7 Å². The van der Waals surface area contributed by atoms with Gasteiger partial charge in [0.25, 0.3) is 0 Å². The summed E-state index contributed by atoms with van der Waals surface area (Å²) < 4.78 is 5.35. The molecule has 0 radical (unpaired) electrons. The van der Waals surface area contributed by atoms with Gasteiger partial charge in [-0.3, -0.25) is 4.90 Å². The number of urea groups is 1. The summed E-state index contributed by atoms with van der Waals surface area (Å²) in [5.41, 5.74) is 0. The number of morpholine rings is 1. The second-order valence-corrected chi connectivity index (χ2v) is 6.74. The summed E-state index contributed by atoms with van der Waals surface area (Å²) in [6.45, 7) is 8.06. The van der Waals surface area contributed by atoms with Gasteiger partial charge in [0, 0.05) is 57.2 Å². The number of rotatable bonds is 5. The molecule has 2 N–H and O–H groups in total. The highest BCUT2D eigenvalue weighted by Crippen LogP contribution is 2.15. The van der Waals surface area contributed by atoms with Gasteiger partial charge in [0.2, 0.25) is 5.95 Å². The SMILES string of the molecule is CC(CN1CCOCC1)NC(=O)NC1CCN(c2ncccn2)CC1. The van der Waals surface area contributed by atoms with Crippen LogP contribution in [-0.4, -0.2) is 78.9 Å². The molecule has 2 saturated heterocycles. The molecule has 0 saturated carbocycles. The number of carbonyl (C=O) groups excluding carboxylic acids is 1. The van der Waals surface area contributed by atoms with Crippen molar-refractivity contribution in [2.75, 3.05) is 50.8 Å². The minimum absolute atomic E-state index is 0.0739. The number of hydrogen-bond acceptors (Lipinski definition) is 6. The van der Waals surface area contributed by atoms with Crippen LogP contribution in [0.15, 0.2) is 18.5 Å². The lowest BCUT2D eigenvalue weighted by molar-refractivity contribution is 0.0349. The quantitative estimate of drug-likeness (QED) is 0.805. The van der Waals surface area contributed by atoms with E-state index in [4.69, 9.17) is 4.74 Å². The van der Waals surface area contributed by atoms with Crippen LogP contribution >= 0.6 is 0 Å². The lowest BCUT2D eigenvalue weighted by atomic mass is 10.1. The number of nitrogens with one attached hydrogen (secondary N) is 2. The number of ether oxygens (including phenoxy) is 1. The van der Waals surface area contributed by atoms with Crippen LogP contribution in [0.25, 0.3) is 0 Å². The Hall–Kier alpha value is -1.93. The van der Waals surface area contributed by atoms with Crippen LogP contribution in [0.2, 0.25) is 0 Å². The van der Waals surface area contributed by atoms with E-state index < -0.39 is 0 Å². The Morgan fingerprint density at radius 2 is 1.92 bits per heavy atom. The number of carbonyl (C=O) groups is 1. The number of piperidine rings is 1. The van der Waals surface area contributed by atoms with Crippen molar-refractivity contribution < 1.29 is 9.53 Å². The van der Waals surface area contributed by atoms with Gasteiger partial charge in [-0.05, 0) is 25.8 Å². The fraction of sp³-hybridized carbons (Fsp3) is 0.706. The van der Waals surface area contributed by atoms with Crippen LogP contribution in [0.1, 0.15) is 19.8 Å². The third kappa shape index (κ3) is 5.54. The van der Waals surface area contributed by atoms with Crippen molar-refractivity contribution >= 4 is 12.0 Å². The summed E-state index contributed by atoms with van der Waals surface area (Å²) in [5.74, 6) is 0.768. The van der Waals surface area contributed by atoms with E-state index in [1.54, 1.807) is 12.4 Å². The summed E-state index contributed by atoms with van der Waals surface area (Å²) in [5, 5.41) is 6.14. The maximum absolute atomic E-state index is 12.2. The molecule has 2 aliphatic heterocycles. The Morgan fingerprint density at radius 1 is 1.24 bits per heavy atom. The molecule has 2 fully saturated rings. The molecule has 0 aromatic carbocycles. The molecule has 1 aromatic rings. The first-order valence-corrected chi connectivity index (χ1v) is 9.10. The van der Waals surface area contributed by atoms with Crippen molar-refractivity contribution in [3.05, 3.63) is 18.5 Å². The fourth-order valence-electron chi connectivity index (χ4n) is 3.35. The number of anilines is 1. The molecule has 0 aliphatic carbocycles. The zero-order chi connectivity index (χ0) is 17.5. The number of aromatic nitrogens is 2. The van der Waals surface area contributed by atoms with Crippen molar-refractivity contribution in [2.24, 2.45) is 0 Å². The summed E-state index contributed by atoms with van der Waals surface area (Å²) in [7, 11) is 0. The third-order valence-corrected chi connectivity index (χ3v) is 4.68. The summed E-state index contributed by atoms with van der Waals surface area (Å²) in [4.78, 5) is 25.3. The highest BCUT2D eigenvalue weighted by Gasteiger charge is 2.23. The number of amides is 2. The maximum atomic E-state index is 12.2. The normalized spacial score (nSPS) is 20.9. The molecule has 0 spiro atoms. The average molecular weight is 348 g/mol. The van der Waals surface area contributed by atoms with Gasteiger partial charge in [-0.1, -0.05) is 0 Å². The zero-order valence-electron chi connectivity index (χ0n) is 14.9. The van der Waals surface area contributed by atoms with Crippen molar-refractivity contribution in [3.63, 3.8) is 0 Å². The van der Waals surface area contributed by atoms with Gasteiger partial charge in [0.15, 0.2) is 0 Å². The summed E-state index contributed by atoms with van der Waals surface area (Å²) >= 11 is 0. The number of nitrogens with zero attached hydrogens (tertiary/aromatic N) is 4. The second kappa shape index (κ2) is 8.96. The molecule has 25 heavy (non-hydrogen) atoms. The van der Waals surface area contributed by atoms with E-state index >= 15 is 0 Å². The van der Waals surface area contributed by atoms with Gasteiger partial charge in [-0.2, -0.15) is 0 Å². The van der Waals surface area contributed by atoms with E-state index in [-0.39, 0.29) is 18.1 Å². The molecular weight excluding hydrogens is 320 g/mol. The van der Waals surface area contributed by atoms with Crippen LogP contribution in [0.5, 0.6) is 0 Å². The van der Waals surface area contributed by atoms with E-state index in [2.05, 4.69) is 30.4 Å². The van der Waals surface area contributed by atoms with Crippen molar-refractivity contribution in [3.8, 4) is 0 Å². The smallest absolute Gasteiger partial charge is 0.315 e. The van der Waals surface area contributed by atoms with Crippen molar-refractivity contribution in [1.29, 1.82) is 0 Å². The molecule has 3 rings (SSSR count). The maximum Gasteiger partial charge on any atom is 0.315 e. The Kier molecular flexibility index (Phi) is 6.41. The van der Waals surface area contributed by atoms with Crippen LogP contribution in [0, 0.1) is 0 Å². The molecule has 0 bridgehead atoms. The zero-order valence-corrected chi connectivity index (χ0v) is 14.9. The molecule has 3 heterocycles. The first-order chi connectivity index (χ1) is 12.2. The molecule has 8 nitrogen and oxygen atoms in total. The highest BCUT2D eigenvalue weighted by molar-refractivity contribution is 5.74. The van der Waals surface area contributed by atoms with Crippen molar-refractivity contribution in [2.45, 2.75) is 31.8 Å². The Morgan fingerprint density at radius 3 is 2.60 bits per heavy atom. The standard InChI is InChI=1S/C17H28N6O2/c1-14(13-22-9-11-25-12-10-22)20-17(24)21-15-3-7-23(8-4-15)16-18-5-2-6-19-16/h2,5-6,14-15H,3-4,7-13H2,1H3,(H2,20,21,24). The monoisotopic (exact) mass is 348 g/mol. The molecule has 2 aliphatic rings. The van der Waals surface area contributed by atoms with Crippen molar-refractivity contribution in [1.82, 2.24) is 25.5 Å². The highest BCUT2D eigenvalue weighted by atomic mass is 16.5. The molecule has 1 aromatic heterocycles. The lowest BCUT2D eigenvalue weighted by Gasteiger charge is -2.33. The largest absolute Gasteiger partial charge is 0.379 e. The Labute approximate surface area is 148 Å². The second-order valence-electron chi connectivity index (χ2n) is 6.74. The minimum Gasteiger partial charge on any atom is -0.379 e. The van der Waals surface area contributed by atoms with Gasteiger partial charge in [0.05, 0.1) is 13.2 Å². The molecule has 2 amide bonds. The molecule has 1 unspecified atom stereocenters. The van der Waals surface area contributed by atoms with Crippen LogP contribution in [0.3, 0.4) is 0 Å². The molecular formula is C17H28N6O2. The minimum atomic E-state index is -0.0739. The van der Waals surface area contributed by atoms with Gasteiger partial charge < -0.3 is 20.3 Å². The van der Waals surface area contributed by atoms with E-state index in [1.807, 2.05) is 13.0 Å². The van der Waals surface area contributed by atoms with Crippen LogP contribution < -0.4 is 15.5 Å². The molecule has 8 heteroatoms. The van der Waals surface area contributed by atoms with Gasteiger partial charge in [-0.15, -0.1) is 0 Å². The predicted molar refractivity (Wildman–Crippen MR) is 95.7 cm³/mol. The van der Waals surface area contributed by atoms with Crippen LogP contribution in [-0.2, 0) is 4.74 Å². The Bertz CT molecular complexity index is 529. The summed E-state index contributed by atoms with van der Waals surface area (Å²) in [6.07, 6.45) is 5.33. The summed E-state index contributed by atoms with van der Waals surface area (Å²) in [6, 6.07) is 2.07. The first-order valence-electron chi connectivity index (χ1n) is 9.10. The average Bonchev–Trinajstić information content (AvgIpc) is 2.63. The van der Waals surface area contributed by atoms with Gasteiger partial charge >= 0.3 is 6.03 Å². The van der Waals surface area contributed by atoms with E-state index in [9.17, 15) is 4.79 Å². The van der Waals surface area contributed by atoms with E-state index in [0.29, 0.717) is 0 Å². The molecule has 138 valence electrons. The first kappa shape index (κ1) is 17.9. The lowest BCUT2D eigenvalue weighted by Crippen LogP contribution is -2.52. The predicted octanol–water partition coefficient (Wildman–Crippen LogP) is 0.465. The topological polar surface area (TPSA) is 82.6 Å². The van der Waals surface area contributed by atoms with E-state index in [1.165, 1.54) is 0 Å². The van der Waals surface area contributed by atoms with Gasteiger partial charge in [0.1, 0.15) is 0 Å². The van der Waals surface area contributed by atoms with E-state index in [0.717, 1.165) is 64.7 Å².